The van der Waals surface area contributed by atoms with Crippen LogP contribution in [0.5, 0.6) is 5.75 Å². The van der Waals surface area contributed by atoms with E-state index in [0.717, 1.165) is 25.9 Å². The van der Waals surface area contributed by atoms with Crippen LogP contribution < -0.4 is 10.1 Å². The van der Waals surface area contributed by atoms with Crippen LogP contribution in [0.4, 0.5) is 5.69 Å². The quantitative estimate of drug-likeness (QED) is 0.790. The van der Waals surface area contributed by atoms with Crippen LogP contribution in [0.1, 0.15) is 23.2 Å². The Hall–Kier alpha value is -2.12. The molecule has 7 nitrogen and oxygen atoms in total. The lowest BCUT2D eigenvalue weighted by atomic mass is 10.2. The minimum absolute atomic E-state index is 0.139. The molecule has 1 aliphatic carbocycles. The number of carbonyl (C=O) groups excluding carboxylic acids is 2. The van der Waals surface area contributed by atoms with E-state index < -0.39 is 5.97 Å². The van der Waals surface area contributed by atoms with Crippen molar-refractivity contribution in [1.82, 2.24) is 4.90 Å². The molecule has 3 rings (SSSR count). The van der Waals surface area contributed by atoms with Crippen molar-refractivity contribution in [2.45, 2.75) is 18.9 Å². The van der Waals surface area contributed by atoms with Crippen molar-refractivity contribution in [2.75, 3.05) is 45.3 Å². The third-order valence-corrected chi connectivity index (χ3v) is 3.96. The van der Waals surface area contributed by atoms with Gasteiger partial charge >= 0.3 is 5.97 Å². The minimum atomic E-state index is -0.448. The van der Waals surface area contributed by atoms with Crippen molar-refractivity contribution in [1.29, 1.82) is 0 Å². The average Bonchev–Trinajstić information content (AvgIpc) is 3.40. The summed E-state index contributed by atoms with van der Waals surface area (Å²) in [4.78, 5) is 26.1. The monoisotopic (exact) mass is 334 g/mol. The maximum atomic E-state index is 12.3. The second-order valence-electron chi connectivity index (χ2n) is 5.96. The van der Waals surface area contributed by atoms with E-state index in [1.807, 2.05) is 4.90 Å². The van der Waals surface area contributed by atoms with Crippen LogP contribution in [0.25, 0.3) is 0 Å². The lowest BCUT2D eigenvalue weighted by molar-refractivity contribution is -0.118. The van der Waals surface area contributed by atoms with E-state index in [2.05, 4.69) is 5.32 Å². The maximum Gasteiger partial charge on any atom is 0.337 e. The number of morpholine rings is 1. The lowest BCUT2D eigenvalue weighted by Gasteiger charge is -2.26. The van der Waals surface area contributed by atoms with Gasteiger partial charge in [-0.3, -0.25) is 9.69 Å². The molecule has 130 valence electrons. The number of hydrogen-bond donors (Lipinski definition) is 1. The predicted octanol–water partition coefficient (Wildman–Crippen LogP) is 1.29. The highest BCUT2D eigenvalue weighted by Gasteiger charge is 2.25. The number of ether oxygens (including phenoxy) is 3. The third kappa shape index (κ3) is 4.46. The molecular formula is C17H22N2O5. The first-order chi connectivity index (χ1) is 11.7. The number of carbonyl (C=O) groups is 2. The molecule has 1 N–H and O–H groups in total. The summed E-state index contributed by atoms with van der Waals surface area (Å²) >= 11 is 0. The first kappa shape index (κ1) is 16.7. The number of benzene rings is 1. The van der Waals surface area contributed by atoms with E-state index in [1.165, 1.54) is 7.11 Å². The van der Waals surface area contributed by atoms with Crippen LogP contribution >= 0.6 is 0 Å². The lowest BCUT2D eigenvalue weighted by Crippen LogP contribution is -2.41. The van der Waals surface area contributed by atoms with Gasteiger partial charge in [0.05, 0.1) is 44.2 Å². The minimum Gasteiger partial charge on any atom is -0.488 e. The molecule has 0 unspecified atom stereocenters. The molecule has 1 heterocycles. The molecule has 0 aromatic heterocycles. The van der Waals surface area contributed by atoms with E-state index in [1.54, 1.807) is 18.2 Å². The van der Waals surface area contributed by atoms with Gasteiger partial charge in [-0.15, -0.1) is 0 Å². The van der Waals surface area contributed by atoms with E-state index in [4.69, 9.17) is 14.2 Å². The van der Waals surface area contributed by atoms with E-state index >= 15 is 0 Å². The smallest absolute Gasteiger partial charge is 0.337 e. The van der Waals surface area contributed by atoms with Crippen molar-refractivity contribution in [2.24, 2.45) is 0 Å². The van der Waals surface area contributed by atoms with E-state index in [-0.39, 0.29) is 18.6 Å². The van der Waals surface area contributed by atoms with Crippen LogP contribution in [-0.2, 0) is 14.3 Å². The normalized spacial score (nSPS) is 18.0. The molecule has 1 amide bonds. The van der Waals surface area contributed by atoms with Gasteiger partial charge < -0.3 is 19.5 Å². The molecule has 7 heteroatoms. The number of anilines is 1. The van der Waals surface area contributed by atoms with Gasteiger partial charge in [0.15, 0.2) is 0 Å². The summed E-state index contributed by atoms with van der Waals surface area (Å²) in [5, 5.41) is 2.86. The highest BCUT2D eigenvalue weighted by Crippen LogP contribution is 2.33. The Morgan fingerprint density at radius 2 is 2.04 bits per heavy atom. The van der Waals surface area contributed by atoms with E-state index in [0.29, 0.717) is 30.2 Å². The van der Waals surface area contributed by atoms with Crippen LogP contribution in [-0.4, -0.2) is 62.8 Å². The number of methoxy groups -OCH3 is 1. The van der Waals surface area contributed by atoms with Gasteiger partial charge in [0, 0.05) is 13.1 Å². The van der Waals surface area contributed by atoms with Gasteiger partial charge in [-0.05, 0) is 31.0 Å². The highest BCUT2D eigenvalue weighted by molar-refractivity contribution is 5.96. The first-order valence-electron chi connectivity index (χ1n) is 8.14. The number of nitrogens with one attached hydrogen (secondary N) is 1. The van der Waals surface area contributed by atoms with Crippen molar-refractivity contribution < 1.29 is 23.8 Å². The van der Waals surface area contributed by atoms with Crippen LogP contribution in [0.15, 0.2) is 18.2 Å². The standard InChI is InChI=1S/C17H22N2O5/c1-22-17(21)12-2-5-15(24-13-3-4-13)14(10-12)18-16(20)11-19-6-8-23-9-7-19/h2,5,10,13H,3-4,6-9,11H2,1H3,(H,18,20). The molecule has 24 heavy (non-hydrogen) atoms. The van der Waals surface area contributed by atoms with E-state index in [9.17, 15) is 9.59 Å². The van der Waals surface area contributed by atoms with Crippen LogP contribution in [0, 0.1) is 0 Å². The second-order valence-corrected chi connectivity index (χ2v) is 5.96. The molecule has 0 bridgehead atoms. The van der Waals surface area contributed by atoms with Gasteiger partial charge in [0.1, 0.15) is 5.75 Å². The van der Waals surface area contributed by atoms with Crippen molar-refractivity contribution in [3.8, 4) is 5.75 Å². The summed E-state index contributed by atoms with van der Waals surface area (Å²) in [7, 11) is 1.33. The number of rotatable bonds is 6. The SMILES string of the molecule is COC(=O)c1ccc(OC2CC2)c(NC(=O)CN2CCOCC2)c1. The Morgan fingerprint density at radius 1 is 1.29 bits per heavy atom. The first-order valence-corrected chi connectivity index (χ1v) is 8.14. The molecule has 2 fully saturated rings. The molecule has 2 aliphatic rings. The Bertz CT molecular complexity index is 609. The summed E-state index contributed by atoms with van der Waals surface area (Å²) in [5.41, 5.74) is 0.880. The van der Waals surface area contributed by atoms with Gasteiger partial charge in [-0.25, -0.2) is 4.79 Å². The Balaban J connectivity index is 1.70. The van der Waals surface area contributed by atoms with Gasteiger partial charge in [0.25, 0.3) is 0 Å². The summed E-state index contributed by atoms with van der Waals surface area (Å²) in [6.07, 6.45) is 2.23. The van der Waals surface area contributed by atoms with Gasteiger partial charge in [0.2, 0.25) is 5.91 Å². The third-order valence-electron chi connectivity index (χ3n) is 3.96. The summed E-state index contributed by atoms with van der Waals surface area (Å²) in [6, 6.07) is 4.94. The molecule has 0 atom stereocenters. The molecule has 1 saturated carbocycles. The topological polar surface area (TPSA) is 77.1 Å². The van der Waals surface area contributed by atoms with Crippen LogP contribution in [0.3, 0.4) is 0 Å². The Labute approximate surface area is 140 Å². The van der Waals surface area contributed by atoms with Gasteiger partial charge in [-0.2, -0.15) is 0 Å². The molecule has 1 saturated heterocycles. The number of amides is 1. The zero-order valence-corrected chi connectivity index (χ0v) is 13.7. The molecule has 1 aromatic rings. The molecule has 0 radical (unpaired) electrons. The number of esters is 1. The number of hydrogen-bond acceptors (Lipinski definition) is 6. The van der Waals surface area contributed by atoms with Crippen molar-refractivity contribution >= 4 is 17.6 Å². The molecular weight excluding hydrogens is 312 g/mol. The zero-order chi connectivity index (χ0) is 16.9. The molecule has 1 aromatic carbocycles. The van der Waals surface area contributed by atoms with Gasteiger partial charge in [-0.1, -0.05) is 0 Å². The zero-order valence-electron chi connectivity index (χ0n) is 13.7. The fourth-order valence-corrected chi connectivity index (χ4v) is 2.49. The largest absolute Gasteiger partial charge is 0.488 e. The van der Waals surface area contributed by atoms with Crippen molar-refractivity contribution in [3.63, 3.8) is 0 Å². The van der Waals surface area contributed by atoms with Crippen molar-refractivity contribution in [3.05, 3.63) is 23.8 Å². The summed E-state index contributed by atoms with van der Waals surface area (Å²) in [5.74, 6) is -0.00306. The Morgan fingerprint density at radius 3 is 2.71 bits per heavy atom. The molecule has 1 aliphatic heterocycles. The fraction of sp³-hybridized carbons (Fsp3) is 0.529. The highest BCUT2D eigenvalue weighted by atomic mass is 16.5. The fourth-order valence-electron chi connectivity index (χ4n) is 2.49. The number of nitrogens with zero attached hydrogens (tertiary/aromatic N) is 1. The second kappa shape index (κ2) is 7.63. The summed E-state index contributed by atoms with van der Waals surface area (Å²) in [6.45, 7) is 3.04. The average molecular weight is 334 g/mol. The maximum absolute atomic E-state index is 12.3. The predicted molar refractivity (Wildman–Crippen MR) is 87.3 cm³/mol. The Kier molecular flexibility index (Phi) is 5.32. The van der Waals surface area contributed by atoms with Crippen LogP contribution in [0.2, 0.25) is 0 Å². The molecule has 0 spiro atoms. The summed E-state index contributed by atoms with van der Waals surface area (Å²) < 4.78 is 15.8.